The number of aromatic hydroxyl groups is 1. The number of amides is 1. The topological polar surface area (TPSA) is 126 Å². The van der Waals surface area contributed by atoms with Crippen molar-refractivity contribution in [3.63, 3.8) is 0 Å². The van der Waals surface area contributed by atoms with Gasteiger partial charge in [-0.15, -0.1) is 0 Å². The maximum absolute atomic E-state index is 12.2. The number of rotatable bonds is 5. The zero-order valence-electron chi connectivity index (χ0n) is 17.4. The molecule has 1 amide bonds. The molecule has 158 valence electrons. The Hall–Kier alpha value is -3.26. The number of phenols is 1. The molecule has 8 heteroatoms. The van der Waals surface area contributed by atoms with Crippen LogP contribution < -0.4 is 16.2 Å². The molecule has 0 radical (unpaired) electrons. The van der Waals surface area contributed by atoms with Crippen molar-refractivity contribution in [3.8, 4) is 17.3 Å². The van der Waals surface area contributed by atoms with E-state index in [9.17, 15) is 9.90 Å². The van der Waals surface area contributed by atoms with Crippen molar-refractivity contribution in [2.45, 2.75) is 27.2 Å². The largest absolute Gasteiger partial charge is 0.508 e. The third kappa shape index (κ3) is 3.23. The van der Waals surface area contributed by atoms with Crippen LogP contribution >= 0.6 is 0 Å². The van der Waals surface area contributed by atoms with E-state index in [1.54, 1.807) is 23.6 Å². The number of hydrogen-bond acceptors (Lipinski definition) is 6. The number of primary amides is 1. The van der Waals surface area contributed by atoms with Crippen LogP contribution in [-0.2, 0) is 4.74 Å². The Morgan fingerprint density at radius 1 is 1.33 bits per heavy atom. The molecule has 1 aliphatic rings. The summed E-state index contributed by atoms with van der Waals surface area (Å²) in [4.78, 5) is 16.9. The SMILES string of the molecule is Cc1cc2c(C(N)=O)c(N)n(-c3c(C)ccc(O)c3C)c2nc1OC[C@H]1CCOC1. The highest BCUT2D eigenvalue weighted by Crippen LogP contribution is 2.37. The lowest BCUT2D eigenvalue weighted by Crippen LogP contribution is -2.14. The number of aromatic nitrogens is 2. The quantitative estimate of drug-likeness (QED) is 0.594. The van der Waals surface area contributed by atoms with E-state index < -0.39 is 5.91 Å². The van der Waals surface area contributed by atoms with E-state index in [1.807, 2.05) is 19.9 Å². The lowest BCUT2D eigenvalue weighted by atomic mass is 10.1. The van der Waals surface area contributed by atoms with Crippen molar-refractivity contribution in [1.29, 1.82) is 0 Å². The summed E-state index contributed by atoms with van der Waals surface area (Å²) in [6.45, 7) is 7.49. The van der Waals surface area contributed by atoms with E-state index in [1.165, 1.54) is 0 Å². The second kappa shape index (κ2) is 7.53. The van der Waals surface area contributed by atoms with Gasteiger partial charge in [0.05, 0.1) is 24.5 Å². The first-order valence-electron chi connectivity index (χ1n) is 9.91. The van der Waals surface area contributed by atoms with Gasteiger partial charge >= 0.3 is 0 Å². The fourth-order valence-corrected chi connectivity index (χ4v) is 4.02. The van der Waals surface area contributed by atoms with Crippen LogP contribution in [0.15, 0.2) is 18.2 Å². The number of carbonyl (C=O) groups excluding carboxylic acids is 1. The number of carbonyl (C=O) groups is 1. The van der Waals surface area contributed by atoms with Crippen molar-refractivity contribution >= 4 is 22.8 Å². The molecule has 30 heavy (non-hydrogen) atoms. The minimum Gasteiger partial charge on any atom is -0.508 e. The molecule has 0 spiro atoms. The van der Waals surface area contributed by atoms with Crippen LogP contribution in [0.5, 0.6) is 11.6 Å². The van der Waals surface area contributed by atoms with Gasteiger partial charge in [-0.05, 0) is 44.9 Å². The minimum atomic E-state index is -0.635. The number of nitrogen functional groups attached to an aromatic ring is 1. The highest BCUT2D eigenvalue weighted by molar-refractivity contribution is 6.11. The fraction of sp³-hybridized carbons (Fsp3) is 0.364. The molecule has 2 aromatic heterocycles. The Balaban J connectivity index is 1.93. The van der Waals surface area contributed by atoms with Crippen molar-refractivity contribution in [2.24, 2.45) is 11.7 Å². The average molecular weight is 410 g/mol. The smallest absolute Gasteiger partial charge is 0.253 e. The lowest BCUT2D eigenvalue weighted by Gasteiger charge is -2.16. The number of aryl methyl sites for hydroxylation is 2. The van der Waals surface area contributed by atoms with Gasteiger partial charge in [0, 0.05) is 29.0 Å². The number of benzene rings is 1. The van der Waals surface area contributed by atoms with Gasteiger partial charge in [0.2, 0.25) is 5.88 Å². The molecule has 0 unspecified atom stereocenters. The molecule has 4 rings (SSSR count). The summed E-state index contributed by atoms with van der Waals surface area (Å²) in [5.74, 6) is 0.477. The Morgan fingerprint density at radius 2 is 2.10 bits per heavy atom. The summed E-state index contributed by atoms with van der Waals surface area (Å²) in [5, 5.41) is 10.8. The highest BCUT2D eigenvalue weighted by Gasteiger charge is 2.25. The average Bonchev–Trinajstić information content (AvgIpc) is 3.30. The zero-order valence-corrected chi connectivity index (χ0v) is 17.4. The Labute approximate surface area is 174 Å². The number of nitrogens with two attached hydrogens (primary N) is 2. The van der Waals surface area contributed by atoms with Gasteiger partial charge in [-0.2, -0.15) is 4.98 Å². The standard InChI is InChI=1S/C22H26N4O4/c1-11-4-5-16(27)13(3)18(11)26-19(23)17(20(24)28)15-8-12(2)22(25-21(15)26)30-10-14-6-7-29-9-14/h4-5,8,14,27H,6-7,9-10,23H2,1-3H3,(H2,24,28)/t14-/m0/s1. The molecule has 0 bridgehead atoms. The van der Waals surface area contributed by atoms with E-state index in [4.69, 9.17) is 25.9 Å². The van der Waals surface area contributed by atoms with Crippen LogP contribution in [0.3, 0.4) is 0 Å². The van der Waals surface area contributed by atoms with E-state index in [0.29, 0.717) is 47.3 Å². The first kappa shape index (κ1) is 20.0. The molecular weight excluding hydrogens is 384 g/mol. The zero-order chi connectivity index (χ0) is 21.6. The van der Waals surface area contributed by atoms with Crippen molar-refractivity contribution in [3.05, 3.63) is 40.5 Å². The molecule has 5 N–H and O–H groups in total. The number of ether oxygens (including phenoxy) is 2. The second-order valence-electron chi connectivity index (χ2n) is 7.86. The first-order valence-corrected chi connectivity index (χ1v) is 9.91. The predicted molar refractivity (Wildman–Crippen MR) is 114 cm³/mol. The summed E-state index contributed by atoms with van der Waals surface area (Å²) in [7, 11) is 0. The van der Waals surface area contributed by atoms with Crippen LogP contribution in [0.1, 0.15) is 33.5 Å². The molecule has 1 saturated heterocycles. The maximum atomic E-state index is 12.2. The van der Waals surface area contributed by atoms with Gasteiger partial charge in [-0.1, -0.05) is 6.07 Å². The number of hydrogen-bond donors (Lipinski definition) is 3. The molecular formula is C22H26N4O4. The molecule has 3 heterocycles. The molecule has 3 aromatic rings. The monoisotopic (exact) mass is 410 g/mol. The summed E-state index contributed by atoms with van der Waals surface area (Å²) >= 11 is 0. The van der Waals surface area contributed by atoms with Crippen molar-refractivity contribution < 1.29 is 19.4 Å². The van der Waals surface area contributed by atoms with Crippen molar-refractivity contribution in [1.82, 2.24) is 9.55 Å². The van der Waals surface area contributed by atoms with Crippen LogP contribution in [0.25, 0.3) is 16.7 Å². The highest BCUT2D eigenvalue weighted by atomic mass is 16.5. The number of fused-ring (bicyclic) bond motifs is 1. The van der Waals surface area contributed by atoms with E-state index >= 15 is 0 Å². The fourth-order valence-electron chi connectivity index (χ4n) is 4.02. The van der Waals surface area contributed by atoms with Gasteiger partial charge in [-0.3, -0.25) is 9.36 Å². The molecule has 0 aliphatic carbocycles. The number of nitrogens with zero attached hydrogens (tertiary/aromatic N) is 2. The van der Waals surface area contributed by atoms with Crippen LogP contribution in [0, 0.1) is 26.7 Å². The van der Waals surface area contributed by atoms with Crippen LogP contribution in [-0.4, -0.2) is 40.4 Å². The second-order valence-corrected chi connectivity index (χ2v) is 7.86. The van der Waals surface area contributed by atoms with Gasteiger partial charge in [-0.25, -0.2) is 0 Å². The molecule has 1 fully saturated rings. The summed E-state index contributed by atoms with van der Waals surface area (Å²) < 4.78 is 13.1. The van der Waals surface area contributed by atoms with Crippen LogP contribution in [0.2, 0.25) is 0 Å². The van der Waals surface area contributed by atoms with E-state index in [-0.39, 0.29) is 17.1 Å². The first-order chi connectivity index (χ1) is 14.3. The van der Waals surface area contributed by atoms with Gasteiger partial charge in [0.15, 0.2) is 5.65 Å². The van der Waals surface area contributed by atoms with Crippen molar-refractivity contribution in [2.75, 3.05) is 25.6 Å². The van der Waals surface area contributed by atoms with Crippen LogP contribution in [0.4, 0.5) is 5.82 Å². The number of pyridine rings is 1. The normalized spacial score (nSPS) is 16.3. The predicted octanol–water partition coefficient (Wildman–Crippen LogP) is 2.75. The minimum absolute atomic E-state index is 0.127. The third-order valence-corrected chi connectivity index (χ3v) is 5.68. The van der Waals surface area contributed by atoms with E-state index in [0.717, 1.165) is 24.2 Å². The summed E-state index contributed by atoms with van der Waals surface area (Å²) in [6.07, 6.45) is 0.956. The summed E-state index contributed by atoms with van der Waals surface area (Å²) in [6, 6.07) is 5.24. The third-order valence-electron chi connectivity index (χ3n) is 5.68. The molecule has 8 nitrogen and oxygen atoms in total. The van der Waals surface area contributed by atoms with Gasteiger partial charge < -0.3 is 26.0 Å². The molecule has 0 saturated carbocycles. The Kier molecular flexibility index (Phi) is 5.03. The lowest BCUT2D eigenvalue weighted by molar-refractivity contribution is 0.100. The van der Waals surface area contributed by atoms with Gasteiger partial charge in [0.25, 0.3) is 5.91 Å². The summed E-state index contributed by atoms with van der Waals surface area (Å²) in [5.41, 5.74) is 15.7. The van der Waals surface area contributed by atoms with E-state index in [2.05, 4.69) is 0 Å². The number of phenolic OH excluding ortho intramolecular Hbond substituents is 1. The molecule has 1 aliphatic heterocycles. The maximum Gasteiger partial charge on any atom is 0.253 e. The number of anilines is 1. The molecule has 1 aromatic carbocycles. The molecule has 1 atom stereocenters. The Bertz CT molecular complexity index is 1150. The van der Waals surface area contributed by atoms with Gasteiger partial charge in [0.1, 0.15) is 11.6 Å². The Morgan fingerprint density at radius 3 is 2.77 bits per heavy atom.